The Hall–Kier alpha value is -3.08. The van der Waals surface area contributed by atoms with Crippen LogP contribution in [0.25, 0.3) is 11.0 Å². The topological polar surface area (TPSA) is 146 Å². The molecule has 1 saturated heterocycles. The first-order valence-corrected chi connectivity index (χ1v) is 8.67. The van der Waals surface area contributed by atoms with Gasteiger partial charge in [0.15, 0.2) is 11.9 Å². The maximum Gasteiger partial charge on any atom is 0.338 e. The summed E-state index contributed by atoms with van der Waals surface area (Å²) in [5.74, 6) is 0.151. The van der Waals surface area contributed by atoms with E-state index in [0.29, 0.717) is 22.4 Å². The van der Waals surface area contributed by atoms with Gasteiger partial charge in [0.05, 0.1) is 17.1 Å². The van der Waals surface area contributed by atoms with Crippen molar-refractivity contribution in [3.8, 4) is 0 Å². The van der Waals surface area contributed by atoms with Crippen molar-refractivity contribution < 1.29 is 24.5 Å². The highest BCUT2D eigenvalue weighted by molar-refractivity contribution is 5.89. The minimum atomic E-state index is -1.29. The molecule has 1 aliphatic rings. The summed E-state index contributed by atoms with van der Waals surface area (Å²) in [5, 5.41) is 25.4. The summed E-state index contributed by atoms with van der Waals surface area (Å²) in [5.41, 5.74) is 6.64. The maximum atomic E-state index is 12.1. The Morgan fingerprint density at radius 3 is 2.75 bits per heavy atom. The Balaban J connectivity index is 1.51. The molecule has 10 heteroatoms. The molecule has 10 nitrogen and oxygen atoms in total. The van der Waals surface area contributed by atoms with Crippen LogP contribution in [0.3, 0.4) is 0 Å². The van der Waals surface area contributed by atoms with Gasteiger partial charge in [-0.1, -0.05) is 18.2 Å². The maximum absolute atomic E-state index is 12.1. The molecule has 1 aromatic carbocycles. The Kier molecular flexibility index (Phi) is 4.67. The molecule has 2 aromatic heterocycles. The lowest BCUT2D eigenvalue weighted by Crippen LogP contribution is -2.34. The van der Waals surface area contributed by atoms with E-state index in [4.69, 9.17) is 15.2 Å². The molecule has 0 radical (unpaired) electrons. The van der Waals surface area contributed by atoms with Crippen molar-refractivity contribution in [3.05, 3.63) is 47.9 Å². The highest BCUT2D eigenvalue weighted by atomic mass is 16.6. The van der Waals surface area contributed by atoms with Crippen molar-refractivity contribution in [1.29, 1.82) is 0 Å². The number of esters is 1. The van der Waals surface area contributed by atoms with Gasteiger partial charge in [-0.15, -0.1) is 0 Å². The molecule has 0 bridgehead atoms. The minimum Gasteiger partial charge on any atom is -0.459 e. The Morgan fingerprint density at radius 2 is 2.00 bits per heavy atom. The molecule has 1 aliphatic heterocycles. The van der Waals surface area contributed by atoms with Crippen LogP contribution in [0, 0.1) is 6.92 Å². The Morgan fingerprint density at radius 1 is 1.25 bits per heavy atom. The number of fused-ring (bicyclic) bond motifs is 1. The quantitative estimate of drug-likeness (QED) is 0.536. The Labute approximate surface area is 159 Å². The molecule has 0 amide bonds. The normalized spacial score (nSPS) is 24.5. The van der Waals surface area contributed by atoms with Crippen LogP contribution in [0.15, 0.2) is 36.5 Å². The summed E-state index contributed by atoms with van der Waals surface area (Å²) < 4.78 is 12.3. The fourth-order valence-electron chi connectivity index (χ4n) is 3.13. The number of benzene rings is 1. The number of carbonyl (C=O) groups is 1. The van der Waals surface area contributed by atoms with Crippen LogP contribution in [0.4, 0.5) is 5.82 Å². The van der Waals surface area contributed by atoms with E-state index in [2.05, 4.69) is 15.1 Å². The Bertz CT molecular complexity index is 1010. The van der Waals surface area contributed by atoms with Crippen molar-refractivity contribution >= 4 is 22.8 Å². The first-order chi connectivity index (χ1) is 13.5. The van der Waals surface area contributed by atoms with Gasteiger partial charge < -0.3 is 25.4 Å². The smallest absolute Gasteiger partial charge is 0.338 e. The van der Waals surface area contributed by atoms with Crippen molar-refractivity contribution in [2.45, 2.75) is 31.5 Å². The van der Waals surface area contributed by atoms with Crippen molar-refractivity contribution in [1.82, 2.24) is 19.7 Å². The van der Waals surface area contributed by atoms with E-state index in [-0.39, 0.29) is 12.4 Å². The van der Waals surface area contributed by atoms with Gasteiger partial charge in [-0.2, -0.15) is 5.10 Å². The third-order valence-electron chi connectivity index (χ3n) is 4.56. The molecule has 0 unspecified atom stereocenters. The summed E-state index contributed by atoms with van der Waals surface area (Å²) in [6.07, 6.45) is -3.03. The number of aromatic nitrogens is 4. The van der Waals surface area contributed by atoms with Gasteiger partial charge in [0.2, 0.25) is 0 Å². The summed E-state index contributed by atoms with van der Waals surface area (Å²) in [4.78, 5) is 20.4. The third kappa shape index (κ3) is 3.17. The summed E-state index contributed by atoms with van der Waals surface area (Å²) in [7, 11) is 0. The molecular weight excluding hydrogens is 366 g/mol. The molecule has 0 saturated carbocycles. The third-order valence-corrected chi connectivity index (χ3v) is 4.56. The number of nitrogen functional groups attached to an aromatic ring is 1. The molecule has 146 valence electrons. The average molecular weight is 385 g/mol. The SMILES string of the molecule is Cc1nc(N)c2cnn([C@@H]3O[C@H](COC(=O)c4ccccc4)[C@@H](O)[C@H]3O)c2n1. The number of aryl methyl sites for hydroxylation is 1. The van der Waals surface area contributed by atoms with E-state index in [1.54, 1.807) is 37.3 Å². The number of nitrogens with zero attached hydrogens (tertiary/aromatic N) is 4. The van der Waals surface area contributed by atoms with Gasteiger partial charge in [0, 0.05) is 0 Å². The average Bonchev–Trinajstić information content (AvgIpc) is 3.22. The number of hydrogen-bond acceptors (Lipinski definition) is 9. The number of hydrogen-bond donors (Lipinski definition) is 3. The number of nitrogens with two attached hydrogens (primary N) is 1. The van der Waals surface area contributed by atoms with Crippen LogP contribution < -0.4 is 5.73 Å². The first kappa shape index (κ1) is 18.3. The lowest BCUT2D eigenvalue weighted by Gasteiger charge is -2.15. The molecule has 0 aliphatic carbocycles. The largest absolute Gasteiger partial charge is 0.459 e. The van der Waals surface area contributed by atoms with Gasteiger partial charge in [-0.25, -0.2) is 19.4 Å². The lowest BCUT2D eigenvalue weighted by molar-refractivity contribution is -0.0613. The number of anilines is 1. The number of ether oxygens (including phenoxy) is 2. The molecule has 3 heterocycles. The van der Waals surface area contributed by atoms with Crippen LogP contribution >= 0.6 is 0 Å². The van der Waals surface area contributed by atoms with Gasteiger partial charge in [-0.3, -0.25) is 0 Å². The minimum absolute atomic E-state index is 0.224. The molecule has 3 aromatic rings. The van der Waals surface area contributed by atoms with Crippen molar-refractivity contribution in [2.75, 3.05) is 12.3 Å². The summed E-state index contributed by atoms with van der Waals surface area (Å²) >= 11 is 0. The second-order valence-corrected chi connectivity index (χ2v) is 6.49. The summed E-state index contributed by atoms with van der Waals surface area (Å²) in [6.45, 7) is 1.46. The second kappa shape index (κ2) is 7.15. The van der Waals surface area contributed by atoms with E-state index in [1.807, 2.05) is 0 Å². The van der Waals surface area contributed by atoms with E-state index in [0.717, 1.165) is 0 Å². The van der Waals surface area contributed by atoms with Crippen LogP contribution in [0.1, 0.15) is 22.4 Å². The molecule has 4 atom stereocenters. The number of carbonyl (C=O) groups excluding carboxylic acids is 1. The molecule has 0 spiro atoms. The summed E-state index contributed by atoms with van der Waals surface area (Å²) in [6, 6.07) is 8.46. The van der Waals surface area contributed by atoms with Gasteiger partial charge in [0.25, 0.3) is 0 Å². The predicted octanol–water partition coefficient (Wildman–Crippen LogP) is 0.193. The zero-order valence-corrected chi connectivity index (χ0v) is 15.0. The molecule has 4 rings (SSSR count). The highest BCUT2D eigenvalue weighted by Gasteiger charge is 2.45. The van der Waals surface area contributed by atoms with Crippen LogP contribution in [0.5, 0.6) is 0 Å². The van der Waals surface area contributed by atoms with E-state index in [1.165, 1.54) is 10.9 Å². The van der Waals surface area contributed by atoms with Gasteiger partial charge in [0.1, 0.15) is 36.6 Å². The monoisotopic (exact) mass is 385 g/mol. The highest BCUT2D eigenvalue weighted by Crippen LogP contribution is 2.32. The van der Waals surface area contributed by atoms with Crippen molar-refractivity contribution in [3.63, 3.8) is 0 Å². The fourth-order valence-corrected chi connectivity index (χ4v) is 3.13. The van der Waals surface area contributed by atoms with Crippen LogP contribution in [-0.4, -0.2) is 60.8 Å². The predicted molar refractivity (Wildman–Crippen MR) is 97.1 cm³/mol. The fraction of sp³-hybridized carbons (Fsp3) is 0.333. The molecule has 28 heavy (non-hydrogen) atoms. The number of rotatable bonds is 4. The van der Waals surface area contributed by atoms with E-state index in [9.17, 15) is 15.0 Å². The van der Waals surface area contributed by atoms with E-state index < -0.39 is 30.5 Å². The lowest BCUT2D eigenvalue weighted by atomic mass is 10.1. The zero-order valence-electron chi connectivity index (χ0n) is 15.0. The van der Waals surface area contributed by atoms with Crippen molar-refractivity contribution in [2.24, 2.45) is 0 Å². The molecular formula is C18H19N5O5. The zero-order chi connectivity index (χ0) is 19.8. The molecule has 4 N–H and O–H groups in total. The van der Waals surface area contributed by atoms with E-state index >= 15 is 0 Å². The number of aliphatic hydroxyl groups is 2. The van der Waals surface area contributed by atoms with Crippen LogP contribution in [-0.2, 0) is 9.47 Å². The number of aliphatic hydroxyl groups excluding tert-OH is 2. The molecule has 1 fully saturated rings. The van der Waals surface area contributed by atoms with Gasteiger partial charge >= 0.3 is 5.97 Å². The second-order valence-electron chi connectivity index (χ2n) is 6.49. The first-order valence-electron chi connectivity index (χ1n) is 8.67. The van der Waals surface area contributed by atoms with Gasteiger partial charge in [-0.05, 0) is 19.1 Å². The standard InChI is InChI=1S/C18H19N5O5/c1-9-21-15(19)11-7-20-23(16(11)22-9)17-14(25)13(24)12(28-17)8-27-18(26)10-5-3-2-4-6-10/h2-7,12-14,17,24-25H,8H2,1H3,(H2,19,21,22)/t12-,13-,14-,17-/m1/s1. The van der Waals surface area contributed by atoms with Crippen LogP contribution in [0.2, 0.25) is 0 Å².